The van der Waals surface area contributed by atoms with Crippen LogP contribution in [-0.4, -0.2) is 17.0 Å². The summed E-state index contributed by atoms with van der Waals surface area (Å²) >= 11 is -0.197. The lowest BCUT2D eigenvalue weighted by molar-refractivity contribution is -0.0328. The van der Waals surface area contributed by atoms with Crippen LogP contribution < -0.4 is 5.32 Å². The second-order valence-electron chi connectivity index (χ2n) is 4.78. The molecule has 0 unspecified atom stereocenters. The van der Waals surface area contributed by atoms with E-state index >= 15 is 0 Å². The van der Waals surface area contributed by atoms with Crippen molar-refractivity contribution >= 4 is 17.7 Å². The van der Waals surface area contributed by atoms with Crippen molar-refractivity contribution in [3.8, 4) is 0 Å². The summed E-state index contributed by atoms with van der Waals surface area (Å²) in [7, 11) is 0. The van der Waals surface area contributed by atoms with E-state index in [2.05, 4.69) is 5.32 Å². The summed E-state index contributed by atoms with van der Waals surface area (Å²) in [6.07, 6.45) is 0. The highest BCUT2D eigenvalue weighted by Crippen LogP contribution is 2.36. The van der Waals surface area contributed by atoms with Crippen molar-refractivity contribution in [2.75, 3.05) is 0 Å². The van der Waals surface area contributed by atoms with Crippen LogP contribution in [0.4, 0.5) is 13.2 Å². The Morgan fingerprint density at radius 2 is 1.61 bits per heavy atom. The molecular weight excluding hydrogens is 263 g/mol. The second-order valence-corrected chi connectivity index (χ2v) is 5.91. The number of carbonyl (C=O) groups excluding carboxylic acids is 1. The molecule has 0 aliphatic heterocycles. The Morgan fingerprint density at radius 3 is 2.00 bits per heavy atom. The van der Waals surface area contributed by atoms with Crippen LogP contribution in [0, 0.1) is 0 Å². The highest BCUT2D eigenvalue weighted by atomic mass is 32.2. The van der Waals surface area contributed by atoms with Gasteiger partial charge in [-0.25, -0.2) is 0 Å². The van der Waals surface area contributed by atoms with Gasteiger partial charge in [0.15, 0.2) is 0 Å². The molecule has 0 heterocycles. The van der Waals surface area contributed by atoms with E-state index in [1.165, 1.54) is 24.3 Å². The van der Waals surface area contributed by atoms with Crippen LogP contribution in [0.2, 0.25) is 0 Å². The molecule has 1 N–H and O–H groups in total. The van der Waals surface area contributed by atoms with E-state index in [1.807, 2.05) is 20.8 Å². The van der Waals surface area contributed by atoms with Gasteiger partial charge in [0.2, 0.25) is 0 Å². The van der Waals surface area contributed by atoms with Crippen LogP contribution in [0.1, 0.15) is 31.1 Å². The van der Waals surface area contributed by atoms with Gasteiger partial charge in [-0.1, -0.05) is 0 Å². The molecule has 1 aromatic rings. The summed E-state index contributed by atoms with van der Waals surface area (Å²) in [6, 6.07) is 5.34. The average molecular weight is 277 g/mol. The van der Waals surface area contributed by atoms with Gasteiger partial charge in [-0.05, 0) is 56.8 Å². The molecule has 0 saturated carbocycles. The van der Waals surface area contributed by atoms with Gasteiger partial charge in [-0.2, -0.15) is 13.2 Å². The van der Waals surface area contributed by atoms with Gasteiger partial charge in [0.1, 0.15) is 0 Å². The zero-order valence-corrected chi connectivity index (χ0v) is 11.1. The molecule has 0 bridgehead atoms. The van der Waals surface area contributed by atoms with Gasteiger partial charge in [-0.15, -0.1) is 0 Å². The van der Waals surface area contributed by atoms with Gasteiger partial charge in [0.25, 0.3) is 5.91 Å². The number of nitrogens with one attached hydrogen (secondary N) is 1. The number of hydrogen-bond acceptors (Lipinski definition) is 2. The first-order valence-corrected chi connectivity index (χ1v) is 6.07. The largest absolute Gasteiger partial charge is 0.446 e. The summed E-state index contributed by atoms with van der Waals surface area (Å²) in [6.45, 7) is 5.50. The van der Waals surface area contributed by atoms with Crippen molar-refractivity contribution in [1.82, 2.24) is 5.32 Å². The number of carbonyl (C=O) groups is 1. The summed E-state index contributed by atoms with van der Waals surface area (Å²) in [5.74, 6) is -0.300. The van der Waals surface area contributed by atoms with Crippen LogP contribution in [0.5, 0.6) is 0 Å². The predicted octanol–water partition coefficient (Wildman–Crippen LogP) is 3.83. The highest BCUT2D eigenvalue weighted by molar-refractivity contribution is 8.00. The van der Waals surface area contributed by atoms with E-state index in [0.717, 1.165) is 0 Å². The molecule has 0 spiro atoms. The third-order valence-corrected chi connectivity index (χ3v) is 2.58. The van der Waals surface area contributed by atoms with E-state index in [1.54, 1.807) is 0 Å². The molecule has 0 saturated heterocycles. The minimum atomic E-state index is -4.31. The Kier molecular flexibility index (Phi) is 4.32. The molecule has 0 aliphatic rings. The first kappa shape index (κ1) is 14.9. The van der Waals surface area contributed by atoms with Crippen molar-refractivity contribution in [1.29, 1.82) is 0 Å². The van der Waals surface area contributed by atoms with E-state index < -0.39 is 5.51 Å². The smallest absolute Gasteiger partial charge is 0.347 e. The quantitative estimate of drug-likeness (QED) is 0.832. The molecule has 2 nitrogen and oxygen atoms in total. The summed E-state index contributed by atoms with van der Waals surface area (Å²) in [5, 5.41) is 2.74. The van der Waals surface area contributed by atoms with E-state index in [0.29, 0.717) is 5.56 Å². The lowest BCUT2D eigenvalue weighted by Crippen LogP contribution is -2.40. The third-order valence-electron chi connectivity index (χ3n) is 1.84. The van der Waals surface area contributed by atoms with E-state index in [4.69, 9.17) is 0 Å². The molecule has 18 heavy (non-hydrogen) atoms. The second kappa shape index (κ2) is 5.22. The fraction of sp³-hybridized carbons (Fsp3) is 0.417. The monoisotopic (exact) mass is 277 g/mol. The first-order chi connectivity index (χ1) is 8.07. The summed E-state index contributed by atoms with van der Waals surface area (Å²) < 4.78 is 36.3. The average Bonchev–Trinajstić information content (AvgIpc) is 2.13. The van der Waals surface area contributed by atoms with Crippen LogP contribution in [0.3, 0.4) is 0 Å². The zero-order valence-electron chi connectivity index (χ0n) is 10.3. The van der Waals surface area contributed by atoms with E-state index in [-0.39, 0.29) is 28.1 Å². The highest BCUT2D eigenvalue weighted by Gasteiger charge is 2.29. The van der Waals surface area contributed by atoms with Crippen LogP contribution in [0.15, 0.2) is 29.2 Å². The predicted molar refractivity (Wildman–Crippen MR) is 65.6 cm³/mol. The molecule has 0 aromatic heterocycles. The molecule has 6 heteroatoms. The standard InChI is InChI=1S/C12H14F3NOS/c1-11(2,3)16-10(17)8-4-6-9(7-5-8)18-12(13,14)15/h4-7H,1-3H3,(H,16,17). The molecule has 0 fully saturated rings. The minimum Gasteiger partial charge on any atom is -0.347 e. The molecule has 100 valence electrons. The van der Waals surface area contributed by atoms with Gasteiger partial charge in [-0.3, -0.25) is 4.79 Å². The Balaban J connectivity index is 2.74. The maximum atomic E-state index is 12.1. The van der Waals surface area contributed by atoms with Gasteiger partial charge >= 0.3 is 5.51 Å². The number of thioether (sulfide) groups is 1. The topological polar surface area (TPSA) is 29.1 Å². The first-order valence-electron chi connectivity index (χ1n) is 5.25. The van der Waals surface area contributed by atoms with Gasteiger partial charge < -0.3 is 5.32 Å². The molecule has 1 rings (SSSR count). The Hall–Kier alpha value is -1.17. The fourth-order valence-corrected chi connectivity index (χ4v) is 1.76. The number of benzene rings is 1. The van der Waals surface area contributed by atoms with Crippen molar-refractivity contribution in [3.05, 3.63) is 29.8 Å². The molecule has 1 aromatic carbocycles. The van der Waals surface area contributed by atoms with Crippen molar-refractivity contribution in [3.63, 3.8) is 0 Å². The number of alkyl halides is 3. The van der Waals surface area contributed by atoms with Gasteiger partial charge in [0, 0.05) is 16.0 Å². The molecular formula is C12H14F3NOS. The number of amides is 1. The lowest BCUT2D eigenvalue weighted by atomic mass is 10.1. The Labute approximate surface area is 108 Å². The van der Waals surface area contributed by atoms with Crippen molar-refractivity contribution in [2.24, 2.45) is 0 Å². The number of halogens is 3. The summed E-state index contributed by atoms with van der Waals surface area (Å²) in [5.41, 5.74) is -4.34. The lowest BCUT2D eigenvalue weighted by Gasteiger charge is -2.20. The maximum absolute atomic E-state index is 12.1. The van der Waals surface area contributed by atoms with Crippen LogP contribution >= 0.6 is 11.8 Å². The molecule has 0 radical (unpaired) electrons. The number of hydrogen-bond donors (Lipinski definition) is 1. The number of rotatable bonds is 2. The Bertz CT molecular complexity index is 420. The summed E-state index contributed by atoms with van der Waals surface area (Å²) in [4.78, 5) is 11.8. The SMILES string of the molecule is CC(C)(C)NC(=O)c1ccc(SC(F)(F)F)cc1. The van der Waals surface area contributed by atoms with Gasteiger partial charge in [0.05, 0.1) is 0 Å². The van der Waals surface area contributed by atoms with Crippen LogP contribution in [0.25, 0.3) is 0 Å². The normalized spacial score (nSPS) is 12.3. The molecule has 0 atom stereocenters. The van der Waals surface area contributed by atoms with E-state index in [9.17, 15) is 18.0 Å². The third kappa shape index (κ3) is 5.44. The Morgan fingerprint density at radius 1 is 1.11 bits per heavy atom. The van der Waals surface area contributed by atoms with Crippen molar-refractivity contribution in [2.45, 2.75) is 36.7 Å². The fourth-order valence-electron chi connectivity index (χ4n) is 1.22. The molecule has 0 aliphatic carbocycles. The zero-order chi connectivity index (χ0) is 14.0. The minimum absolute atomic E-state index is 0.0646. The van der Waals surface area contributed by atoms with Crippen LogP contribution in [-0.2, 0) is 0 Å². The maximum Gasteiger partial charge on any atom is 0.446 e. The molecule has 1 amide bonds. The van der Waals surface area contributed by atoms with Crippen molar-refractivity contribution < 1.29 is 18.0 Å².